The highest BCUT2D eigenvalue weighted by Gasteiger charge is 2.98. The molecule has 0 amide bonds. The van der Waals surface area contributed by atoms with Gasteiger partial charge in [-0.3, -0.25) is 24.2 Å². The quantitative estimate of drug-likeness (QED) is 0.109. The summed E-state index contributed by atoms with van der Waals surface area (Å²) in [4.78, 5) is 65.8. The molecule has 1 saturated carbocycles. The van der Waals surface area contributed by atoms with Gasteiger partial charge in [0.1, 0.15) is 17.5 Å². The number of fused-ring (bicyclic) bond motifs is 6. The van der Waals surface area contributed by atoms with Gasteiger partial charge in [0.2, 0.25) is 0 Å². The summed E-state index contributed by atoms with van der Waals surface area (Å²) < 4.78 is 31.4. The van der Waals surface area contributed by atoms with Gasteiger partial charge in [-0.25, -0.2) is 4.79 Å². The van der Waals surface area contributed by atoms with Gasteiger partial charge in [0.05, 0.1) is 32.3 Å². The molecule has 1 aliphatic carbocycles. The van der Waals surface area contributed by atoms with E-state index in [0.29, 0.717) is 87.4 Å². The van der Waals surface area contributed by atoms with Crippen LogP contribution in [0.2, 0.25) is 0 Å². The lowest BCUT2D eigenvalue weighted by atomic mass is 9.49. The summed E-state index contributed by atoms with van der Waals surface area (Å²) in [6, 6.07) is 9.34. The molecule has 3 saturated heterocycles. The monoisotopic (exact) mass is 836 g/mol. The summed E-state index contributed by atoms with van der Waals surface area (Å²) >= 11 is 0. The lowest BCUT2D eigenvalue weighted by Gasteiger charge is -2.58. The molecule has 324 valence electrons. The SMILES string of the molecule is CC[C@]1(O)C[C@H]2CN(CCc3c([nH]c4ccc(C=O)cc34)[C@@](C(=O)OC)(c3cc4c(cc3OC)N(C)[C@@]35O[C@]3(C(=O)OC)[C@H](OC(C)=O)[C@]3(CC)C=CCN6CC[C@]45[C@@H]63)C2)C1. The predicted molar refractivity (Wildman–Crippen MR) is 224 cm³/mol. The van der Waals surface area contributed by atoms with Crippen molar-refractivity contribution < 1.29 is 48.0 Å². The highest BCUT2D eigenvalue weighted by molar-refractivity contribution is 5.97. The molecule has 1 unspecified atom stereocenters. The van der Waals surface area contributed by atoms with Crippen molar-refractivity contribution in [2.45, 2.75) is 99.2 Å². The van der Waals surface area contributed by atoms with Crippen molar-refractivity contribution in [2.24, 2.45) is 11.3 Å². The number of anilines is 1. The van der Waals surface area contributed by atoms with Crippen molar-refractivity contribution in [3.63, 3.8) is 0 Å². The van der Waals surface area contributed by atoms with Crippen molar-refractivity contribution in [1.29, 1.82) is 0 Å². The number of ether oxygens (including phenoxy) is 5. The molecule has 10 rings (SSSR count). The van der Waals surface area contributed by atoms with Crippen LogP contribution in [-0.2, 0) is 50.6 Å². The van der Waals surface area contributed by atoms with Crippen LogP contribution in [0.4, 0.5) is 5.69 Å². The van der Waals surface area contributed by atoms with Crippen molar-refractivity contribution in [3.05, 3.63) is 70.4 Å². The molecule has 7 heterocycles. The number of nitrogens with one attached hydrogen (secondary N) is 1. The van der Waals surface area contributed by atoms with Gasteiger partial charge in [-0.15, -0.1) is 0 Å². The Kier molecular flexibility index (Phi) is 8.84. The smallest absolute Gasteiger partial charge is 0.347 e. The minimum Gasteiger partial charge on any atom is -0.496 e. The Morgan fingerprint density at radius 1 is 1.02 bits per heavy atom. The van der Waals surface area contributed by atoms with E-state index >= 15 is 4.79 Å². The molecule has 7 aliphatic rings. The van der Waals surface area contributed by atoms with Crippen molar-refractivity contribution >= 4 is 40.8 Å². The summed E-state index contributed by atoms with van der Waals surface area (Å²) in [5, 5.41) is 12.9. The standard InChI is InChI=1S/C47H56N4O10/c1-8-42(56)22-29-23-44(40(54)58-6,37-30(13-17-50(24-29)26-42)31-19-28(25-52)11-12-34(31)48-37)33-20-32-35(21-36(33)57-5)49(4)47-45(32)15-18-51-16-10-14-43(9-2,38(45)51)39(60-27(3)53)46(47,61-47)41(55)59-7/h10-12,14,19-21,25,29,38-39,48,56H,8-9,13,15-18,22-24,26H2,1-7H3/t29-,38+,39-,42+,43-,44+,45-,46+,47+/m1/s1. The molecular weight excluding hydrogens is 781 g/mol. The summed E-state index contributed by atoms with van der Waals surface area (Å²) in [6.45, 7) is 8.61. The van der Waals surface area contributed by atoms with E-state index in [9.17, 15) is 19.5 Å². The number of epoxide rings is 1. The first-order valence-corrected chi connectivity index (χ1v) is 21.7. The highest BCUT2D eigenvalue weighted by Crippen LogP contribution is 2.80. The topological polar surface area (TPSA) is 163 Å². The fourth-order valence-corrected chi connectivity index (χ4v) is 14.0. The second-order valence-electron chi connectivity index (χ2n) is 18.7. The number of methoxy groups -OCH3 is 3. The Morgan fingerprint density at radius 2 is 1.80 bits per heavy atom. The number of piperidine rings is 1. The van der Waals surface area contributed by atoms with E-state index in [1.165, 1.54) is 21.1 Å². The molecule has 2 N–H and O–H groups in total. The number of hydrogen-bond acceptors (Lipinski definition) is 13. The van der Waals surface area contributed by atoms with Gasteiger partial charge in [-0.1, -0.05) is 26.0 Å². The lowest BCUT2D eigenvalue weighted by molar-refractivity contribution is -0.178. The number of likely N-dealkylation sites (N-methyl/N-ethyl adjacent to an activating group) is 1. The third-order valence-corrected chi connectivity index (χ3v) is 16.3. The number of esters is 3. The first kappa shape index (κ1) is 40.3. The minimum atomic E-state index is -1.69. The number of aromatic nitrogens is 1. The van der Waals surface area contributed by atoms with Crippen LogP contribution < -0.4 is 9.64 Å². The van der Waals surface area contributed by atoms with Crippen LogP contribution in [0.1, 0.15) is 85.6 Å². The number of benzene rings is 2. The lowest BCUT2D eigenvalue weighted by Crippen LogP contribution is -2.75. The van der Waals surface area contributed by atoms with E-state index in [2.05, 4.69) is 39.9 Å². The van der Waals surface area contributed by atoms with Gasteiger partial charge in [0, 0.05) is 91.1 Å². The molecule has 0 radical (unpaired) electrons. The maximum atomic E-state index is 15.4. The first-order chi connectivity index (χ1) is 29.2. The Hall–Kier alpha value is -4.76. The molecule has 61 heavy (non-hydrogen) atoms. The molecule has 14 nitrogen and oxygen atoms in total. The Bertz CT molecular complexity index is 2430. The van der Waals surface area contributed by atoms with Crippen molar-refractivity contribution in [3.8, 4) is 5.75 Å². The largest absolute Gasteiger partial charge is 0.496 e. The predicted octanol–water partition coefficient (Wildman–Crippen LogP) is 4.17. The molecule has 6 aliphatic heterocycles. The van der Waals surface area contributed by atoms with Crippen LogP contribution >= 0.6 is 0 Å². The van der Waals surface area contributed by atoms with E-state index in [1.807, 2.05) is 37.1 Å². The molecule has 3 aromatic rings. The van der Waals surface area contributed by atoms with Crippen molar-refractivity contribution in [2.75, 3.05) is 66.0 Å². The zero-order valence-electron chi connectivity index (χ0n) is 36.1. The van der Waals surface area contributed by atoms with Crippen LogP contribution in [0, 0.1) is 11.3 Å². The Labute approximate surface area is 355 Å². The summed E-state index contributed by atoms with van der Waals surface area (Å²) in [5.41, 5.74) is -2.04. The maximum Gasteiger partial charge on any atom is 0.347 e. The normalized spacial score (nSPS) is 37.8. The molecule has 14 heteroatoms. The molecule has 2 bridgehead atoms. The average Bonchev–Trinajstić information content (AvgIpc) is 3.51. The zero-order chi connectivity index (χ0) is 43.1. The Morgan fingerprint density at radius 3 is 2.49 bits per heavy atom. The van der Waals surface area contributed by atoms with Crippen LogP contribution in [0.15, 0.2) is 42.5 Å². The maximum absolute atomic E-state index is 15.4. The molecule has 4 fully saturated rings. The van der Waals surface area contributed by atoms with Gasteiger partial charge < -0.3 is 38.7 Å². The summed E-state index contributed by atoms with van der Waals surface area (Å²) in [7, 11) is 6.27. The molecular formula is C47H56N4O10. The number of aliphatic hydroxyl groups is 1. The van der Waals surface area contributed by atoms with E-state index in [-0.39, 0.29) is 18.4 Å². The van der Waals surface area contributed by atoms with Gasteiger partial charge in [0.15, 0.2) is 11.8 Å². The van der Waals surface area contributed by atoms with E-state index in [4.69, 9.17) is 23.7 Å². The van der Waals surface area contributed by atoms with Crippen LogP contribution in [-0.4, -0.2) is 134 Å². The second kappa shape index (κ2) is 13.4. The molecule has 2 spiro atoms. The number of carbonyl (C=O) groups is 4. The first-order valence-electron chi connectivity index (χ1n) is 21.7. The van der Waals surface area contributed by atoms with Gasteiger partial charge in [0.25, 0.3) is 5.60 Å². The molecule has 1 aromatic heterocycles. The minimum absolute atomic E-state index is 0.137. The Balaban J connectivity index is 1.29. The second-order valence-corrected chi connectivity index (χ2v) is 18.7. The number of aromatic amines is 1. The number of H-pyrrole nitrogens is 1. The molecule has 2 aromatic carbocycles. The third-order valence-electron chi connectivity index (χ3n) is 16.3. The average molecular weight is 837 g/mol. The van der Waals surface area contributed by atoms with Crippen LogP contribution in [0.3, 0.4) is 0 Å². The van der Waals surface area contributed by atoms with Crippen molar-refractivity contribution in [1.82, 2.24) is 14.8 Å². The number of rotatable bonds is 8. The number of nitrogens with zero attached hydrogens (tertiary/aromatic N) is 3. The van der Waals surface area contributed by atoms with E-state index < -0.39 is 57.2 Å². The van der Waals surface area contributed by atoms with Crippen LogP contribution in [0.5, 0.6) is 5.75 Å². The van der Waals surface area contributed by atoms with E-state index in [1.54, 1.807) is 13.2 Å². The third kappa shape index (κ3) is 4.77. The fourth-order valence-electron chi connectivity index (χ4n) is 14.0. The zero-order valence-corrected chi connectivity index (χ0v) is 36.1. The van der Waals surface area contributed by atoms with E-state index in [0.717, 1.165) is 34.0 Å². The van der Waals surface area contributed by atoms with Gasteiger partial charge in [-0.05, 0) is 86.4 Å². The molecule has 10 atom stereocenters. The van der Waals surface area contributed by atoms with Crippen LogP contribution in [0.25, 0.3) is 10.9 Å². The van der Waals surface area contributed by atoms with Gasteiger partial charge >= 0.3 is 17.9 Å². The highest BCUT2D eigenvalue weighted by atomic mass is 16.7. The fraction of sp³-hybridized carbons (Fsp3) is 0.574. The number of hydrogen-bond donors (Lipinski definition) is 2. The summed E-state index contributed by atoms with van der Waals surface area (Å²) in [6.07, 6.45) is 7.09. The number of carbonyl (C=O) groups excluding carboxylic acids is 4. The summed E-state index contributed by atoms with van der Waals surface area (Å²) in [5.74, 6) is -1.30. The van der Waals surface area contributed by atoms with Gasteiger partial charge in [-0.2, -0.15) is 0 Å². The number of aldehydes is 1.